The third-order valence-electron chi connectivity index (χ3n) is 3.15. The van der Waals surface area contributed by atoms with Crippen LogP contribution < -0.4 is 4.90 Å². The van der Waals surface area contributed by atoms with Gasteiger partial charge in [-0.05, 0) is 25.1 Å². The van der Waals surface area contributed by atoms with Gasteiger partial charge in [-0.15, -0.1) is 0 Å². The monoisotopic (exact) mass is 342 g/mol. The van der Waals surface area contributed by atoms with Crippen molar-refractivity contribution in [3.8, 4) is 0 Å². The fourth-order valence-electron chi connectivity index (χ4n) is 2.12. The molecule has 1 aromatic rings. The second-order valence-electron chi connectivity index (χ2n) is 4.32. The quantitative estimate of drug-likeness (QED) is 0.568. The van der Waals surface area contributed by atoms with Crippen LogP contribution in [0.15, 0.2) is 33.0 Å². The summed E-state index contributed by atoms with van der Waals surface area (Å²) in [6.45, 7) is 2.53. The molecule has 0 saturated carbocycles. The Morgan fingerprint density at radius 1 is 1.35 bits per heavy atom. The SMILES string of the molecule is CCN1C(=O)/C(=C2/Sc3ccc(Cl)cc3N2C)SC1=S. The molecule has 0 N–H and O–H groups in total. The van der Waals surface area contributed by atoms with Gasteiger partial charge in [0, 0.05) is 23.5 Å². The van der Waals surface area contributed by atoms with Crippen LogP contribution in [0.2, 0.25) is 5.02 Å². The van der Waals surface area contributed by atoms with E-state index in [-0.39, 0.29) is 5.91 Å². The number of carbonyl (C=O) groups is 1. The first-order chi connectivity index (χ1) is 9.52. The molecule has 2 aliphatic heterocycles. The molecule has 0 unspecified atom stereocenters. The van der Waals surface area contributed by atoms with Gasteiger partial charge in [-0.2, -0.15) is 0 Å². The van der Waals surface area contributed by atoms with Crippen LogP contribution in [-0.4, -0.2) is 28.7 Å². The van der Waals surface area contributed by atoms with Crippen LogP contribution in [0.25, 0.3) is 0 Å². The molecule has 0 spiro atoms. The molecule has 3 nitrogen and oxygen atoms in total. The van der Waals surface area contributed by atoms with Crippen molar-refractivity contribution in [3.05, 3.63) is 33.2 Å². The Labute approximate surface area is 136 Å². The summed E-state index contributed by atoms with van der Waals surface area (Å²) < 4.78 is 0.628. The maximum absolute atomic E-state index is 12.4. The largest absolute Gasteiger partial charge is 0.337 e. The fraction of sp³-hybridized carbons (Fsp3) is 0.231. The Balaban J connectivity index is 2.04. The fourth-order valence-corrected chi connectivity index (χ4v) is 4.98. The lowest BCUT2D eigenvalue weighted by Gasteiger charge is -2.15. The second-order valence-corrected chi connectivity index (χ2v) is 7.44. The molecular formula is C13H11ClN2OS3. The summed E-state index contributed by atoms with van der Waals surface area (Å²) in [5, 5.41) is 1.62. The van der Waals surface area contributed by atoms with Gasteiger partial charge >= 0.3 is 0 Å². The van der Waals surface area contributed by atoms with Crippen molar-refractivity contribution in [1.29, 1.82) is 0 Å². The van der Waals surface area contributed by atoms with Gasteiger partial charge < -0.3 is 4.90 Å². The number of carbonyl (C=O) groups excluding carboxylic acids is 1. The van der Waals surface area contributed by atoms with Gasteiger partial charge in [0.25, 0.3) is 5.91 Å². The van der Waals surface area contributed by atoms with Crippen LogP contribution >= 0.6 is 47.3 Å². The van der Waals surface area contributed by atoms with E-state index in [0.29, 0.717) is 20.8 Å². The van der Waals surface area contributed by atoms with Gasteiger partial charge in [-0.1, -0.05) is 47.3 Å². The van der Waals surface area contributed by atoms with Gasteiger partial charge in [-0.3, -0.25) is 9.69 Å². The van der Waals surface area contributed by atoms with Crippen LogP contribution in [-0.2, 0) is 4.79 Å². The van der Waals surface area contributed by atoms with E-state index in [2.05, 4.69) is 0 Å². The Morgan fingerprint density at radius 2 is 2.10 bits per heavy atom. The number of hydrogen-bond donors (Lipinski definition) is 0. The topological polar surface area (TPSA) is 23.6 Å². The Kier molecular flexibility index (Phi) is 3.75. The maximum atomic E-state index is 12.4. The molecule has 2 aliphatic rings. The van der Waals surface area contributed by atoms with E-state index in [1.807, 2.05) is 37.1 Å². The molecular weight excluding hydrogens is 332 g/mol. The number of benzene rings is 1. The standard InChI is InChI=1S/C13H11ClN2OS3/c1-3-16-11(17)10(20-13(16)18)12-15(2)8-6-7(14)4-5-9(8)19-12/h4-6H,3H2,1-2H3/b12-10-. The smallest absolute Gasteiger partial charge is 0.268 e. The van der Waals surface area contributed by atoms with E-state index in [9.17, 15) is 4.79 Å². The summed E-state index contributed by atoms with van der Waals surface area (Å²) >= 11 is 14.3. The summed E-state index contributed by atoms with van der Waals surface area (Å²) in [5.74, 6) is -0.00393. The average molecular weight is 343 g/mol. The van der Waals surface area contributed by atoms with Crippen LogP contribution in [0.3, 0.4) is 0 Å². The number of amides is 1. The molecule has 3 rings (SSSR count). The molecule has 0 aromatic heterocycles. The van der Waals surface area contributed by atoms with E-state index in [1.54, 1.807) is 16.7 Å². The normalized spacial score (nSPS) is 21.9. The zero-order chi connectivity index (χ0) is 14.4. The first-order valence-electron chi connectivity index (χ1n) is 6.02. The number of rotatable bonds is 1. The molecule has 7 heteroatoms. The average Bonchev–Trinajstić information content (AvgIpc) is 2.88. The van der Waals surface area contributed by atoms with Crippen molar-refractivity contribution in [1.82, 2.24) is 4.90 Å². The molecule has 1 amide bonds. The number of thioether (sulfide) groups is 2. The molecule has 104 valence electrons. The van der Waals surface area contributed by atoms with Crippen molar-refractivity contribution in [2.75, 3.05) is 18.5 Å². The summed E-state index contributed by atoms with van der Waals surface area (Å²) in [5.41, 5.74) is 1.03. The zero-order valence-electron chi connectivity index (χ0n) is 10.8. The van der Waals surface area contributed by atoms with Gasteiger partial charge in [0.1, 0.15) is 9.23 Å². The Bertz CT molecular complexity index is 659. The zero-order valence-corrected chi connectivity index (χ0v) is 14.0. The minimum Gasteiger partial charge on any atom is -0.337 e. The van der Waals surface area contributed by atoms with Gasteiger partial charge in [0.15, 0.2) is 0 Å². The lowest BCUT2D eigenvalue weighted by Crippen LogP contribution is -2.28. The molecule has 1 aromatic carbocycles. The highest BCUT2D eigenvalue weighted by atomic mass is 35.5. The number of thiocarbonyl (C=S) groups is 1. The summed E-state index contributed by atoms with van der Waals surface area (Å²) in [7, 11) is 1.95. The molecule has 0 radical (unpaired) electrons. The minimum absolute atomic E-state index is 0.00393. The van der Waals surface area contributed by atoms with Crippen LogP contribution in [0, 0.1) is 0 Å². The van der Waals surface area contributed by atoms with E-state index >= 15 is 0 Å². The van der Waals surface area contributed by atoms with Crippen molar-refractivity contribution in [2.45, 2.75) is 11.8 Å². The number of likely N-dealkylation sites (N-methyl/N-ethyl adjacent to an activating group) is 1. The van der Waals surface area contributed by atoms with E-state index < -0.39 is 0 Å². The molecule has 1 saturated heterocycles. The lowest BCUT2D eigenvalue weighted by atomic mass is 10.3. The first-order valence-corrected chi connectivity index (χ1v) is 8.44. The summed E-state index contributed by atoms with van der Waals surface area (Å²) in [4.78, 5) is 17.8. The van der Waals surface area contributed by atoms with Crippen LogP contribution in [0.4, 0.5) is 5.69 Å². The maximum Gasteiger partial charge on any atom is 0.268 e. The van der Waals surface area contributed by atoms with Crippen LogP contribution in [0.1, 0.15) is 6.92 Å². The summed E-state index contributed by atoms with van der Waals surface area (Å²) in [6, 6.07) is 5.76. The van der Waals surface area contributed by atoms with Crippen molar-refractivity contribution >= 4 is 63.3 Å². The lowest BCUT2D eigenvalue weighted by molar-refractivity contribution is -0.122. The Morgan fingerprint density at radius 3 is 2.75 bits per heavy atom. The van der Waals surface area contributed by atoms with Gasteiger partial charge in [0.2, 0.25) is 0 Å². The number of fused-ring (bicyclic) bond motifs is 1. The molecule has 1 fully saturated rings. The van der Waals surface area contributed by atoms with Gasteiger partial charge in [-0.25, -0.2) is 0 Å². The van der Waals surface area contributed by atoms with E-state index in [1.165, 1.54) is 11.8 Å². The third-order valence-corrected chi connectivity index (χ3v) is 6.19. The predicted octanol–water partition coefficient (Wildman–Crippen LogP) is 3.93. The number of halogens is 1. The van der Waals surface area contributed by atoms with Crippen molar-refractivity contribution in [2.24, 2.45) is 0 Å². The predicted molar refractivity (Wildman–Crippen MR) is 90.3 cm³/mol. The first kappa shape index (κ1) is 14.3. The molecule has 0 bridgehead atoms. The molecule has 0 aliphatic carbocycles. The molecule has 2 heterocycles. The highest BCUT2D eigenvalue weighted by molar-refractivity contribution is 8.27. The minimum atomic E-state index is -0.00393. The van der Waals surface area contributed by atoms with Gasteiger partial charge in [0.05, 0.1) is 10.7 Å². The van der Waals surface area contributed by atoms with E-state index in [0.717, 1.165) is 15.6 Å². The van der Waals surface area contributed by atoms with Crippen molar-refractivity contribution < 1.29 is 4.79 Å². The number of nitrogens with zero attached hydrogens (tertiary/aromatic N) is 2. The van der Waals surface area contributed by atoms with Crippen molar-refractivity contribution in [3.63, 3.8) is 0 Å². The molecule has 0 atom stereocenters. The Hall–Kier alpha value is -0.690. The number of hydrogen-bond acceptors (Lipinski definition) is 5. The van der Waals surface area contributed by atoms with E-state index in [4.69, 9.17) is 23.8 Å². The third kappa shape index (κ3) is 2.15. The van der Waals surface area contributed by atoms with Crippen LogP contribution in [0.5, 0.6) is 0 Å². The number of anilines is 1. The highest BCUT2D eigenvalue weighted by Crippen LogP contribution is 2.50. The second kappa shape index (κ2) is 5.26. The highest BCUT2D eigenvalue weighted by Gasteiger charge is 2.37. The summed E-state index contributed by atoms with van der Waals surface area (Å²) in [6.07, 6.45) is 0. The molecule has 20 heavy (non-hydrogen) atoms.